The Labute approximate surface area is 225 Å². The van der Waals surface area contributed by atoms with Crippen LogP contribution in [0.4, 0.5) is 0 Å². The van der Waals surface area contributed by atoms with Gasteiger partial charge in [0.05, 0.1) is 0 Å². The molecule has 0 fully saturated rings. The van der Waals surface area contributed by atoms with Crippen molar-refractivity contribution in [3.05, 3.63) is 150 Å². The van der Waals surface area contributed by atoms with Crippen molar-refractivity contribution in [3.63, 3.8) is 0 Å². The fourth-order valence-corrected chi connectivity index (χ4v) is 6.58. The first-order valence-electron chi connectivity index (χ1n) is 14.0. The maximum atomic E-state index is 2.56. The highest BCUT2D eigenvalue weighted by molar-refractivity contribution is 6.18. The topological polar surface area (TPSA) is 0 Å². The molecule has 184 valence electrons. The summed E-state index contributed by atoms with van der Waals surface area (Å²) < 4.78 is 0. The minimum Gasteiger partial charge on any atom is -0.0839 e. The second-order valence-electron chi connectivity index (χ2n) is 10.7. The summed E-state index contributed by atoms with van der Waals surface area (Å²) in [7, 11) is 0. The summed E-state index contributed by atoms with van der Waals surface area (Å²) in [6.45, 7) is 0. The highest BCUT2D eigenvalue weighted by Gasteiger charge is 2.25. The molecule has 0 heterocycles. The number of rotatable bonds is 4. The molecular weight excluding hydrogens is 456 g/mol. The largest absolute Gasteiger partial charge is 0.0839 e. The lowest BCUT2D eigenvalue weighted by Crippen LogP contribution is -2.12. The predicted molar refractivity (Wildman–Crippen MR) is 164 cm³/mol. The third-order valence-corrected chi connectivity index (χ3v) is 8.35. The summed E-state index contributed by atoms with van der Waals surface area (Å²) >= 11 is 0. The molecule has 0 nitrogen and oxygen atoms in total. The van der Waals surface area contributed by atoms with Gasteiger partial charge in [-0.1, -0.05) is 134 Å². The molecule has 0 saturated heterocycles. The van der Waals surface area contributed by atoms with Gasteiger partial charge in [0.15, 0.2) is 0 Å². The van der Waals surface area contributed by atoms with E-state index in [-0.39, 0.29) is 0 Å². The Hall–Kier alpha value is -4.16. The van der Waals surface area contributed by atoms with Crippen LogP contribution >= 0.6 is 0 Å². The SMILES string of the molecule is C1=CCC(C2=CC(C3=CCCC=C3)CC(c3c4ccccc4c(-c4ccccc4)c4ccccc34)=C2)C=C1. The average Bonchev–Trinajstić information content (AvgIpc) is 3.01. The lowest BCUT2D eigenvalue weighted by Gasteiger charge is -2.29. The number of hydrogen-bond donors (Lipinski definition) is 0. The van der Waals surface area contributed by atoms with Crippen LogP contribution in [-0.2, 0) is 0 Å². The van der Waals surface area contributed by atoms with Gasteiger partial charge in [0, 0.05) is 11.8 Å². The van der Waals surface area contributed by atoms with Crippen LogP contribution in [0.2, 0.25) is 0 Å². The normalized spacial score (nSPS) is 20.9. The van der Waals surface area contributed by atoms with Crippen LogP contribution in [0.25, 0.3) is 38.2 Å². The summed E-state index contributed by atoms with van der Waals surface area (Å²) in [4.78, 5) is 0. The lowest BCUT2D eigenvalue weighted by molar-refractivity contribution is 0.722. The molecule has 4 aromatic carbocycles. The van der Waals surface area contributed by atoms with Crippen LogP contribution in [0.5, 0.6) is 0 Å². The molecule has 0 heteroatoms. The Morgan fingerprint density at radius 3 is 1.89 bits per heavy atom. The van der Waals surface area contributed by atoms with E-state index < -0.39 is 0 Å². The molecule has 0 spiro atoms. The van der Waals surface area contributed by atoms with E-state index in [2.05, 4.69) is 134 Å². The van der Waals surface area contributed by atoms with E-state index in [1.807, 2.05) is 0 Å². The lowest BCUT2D eigenvalue weighted by atomic mass is 9.75. The minimum atomic E-state index is 0.409. The Kier molecular flexibility index (Phi) is 6.02. The van der Waals surface area contributed by atoms with Crippen molar-refractivity contribution < 1.29 is 0 Å². The fraction of sp³-hybridized carbons (Fsp3) is 0.158. The van der Waals surface area contributed by atoms with Crippen molar-refractivity contribution in [1.82, 2.24) is 0 Å². The van der Waals surface area contributed by atoms with E-state index in [1.165, 1.54) is 55.0 Å². The zero-order valence-corrected chi connectivity index (χ0v) is 21.7. The molecule has 0 amide bonds. The first-order valence-corrected chi connectivity index (χ1v) is 14.0. The van der Waals surface area contributed by atoms with Gasteiger partial charge in [-0.05, 0) is 80.6 Å². The quantitative estimate of drug-likeness (QED) is 0.251. The Bertz CT molecular complexity index is 1640. The molecule has 3 aliphatic rings. The third kappa shape index (κ3) is 4.11. The van der Waals surface area contributed by atoms with Crippen LogP contribution in [0.3, 0.4) is 0 Å². The number of allylic oxidation sites excluding steroid dienone is 12. The second kappa shape index (κ2) is 9.95. The van der Waals surface area contributed by atoms with Gasteiger partial charge in [-0.15, -0.1) is 0 Å². The van der Waals surface area contributed by atoms with Gasteiger partial charge in [-0.25, -0.2) is 0 Å². The van der Waals surface area contributed by atoms with Gasteiger partial charge in [0.2, 0.25) is 0 Å². The Morgan fingerprint density at radius 2 is 1.26 bits per heavy atom. The van der Waals surface area contributed by atoms with E-state index in [0.717, 1.165) is 25.7 Å². The van der Waals surface area contributed by atoms with Gasteiger partial charge >= 0.3 is 0 Å². The van der Waals surface area contributed by atoms with Gasteiger partial charge in [-0.2, -0.15) is 0 Å². The molecule has 3 aliphatic carbocycles. The van der Waals surface area contributed by atoms with Crippen molar-refractivity contribution >= 4 is 27.1 Å². The van der Waals surface area contributed by atoms with Crippen molar-refractivity contribution in [2.24, 2.45) is 11.8 Å². The van der Waals surface area contributed by atoms with Crippen molar-refractivity contribution in [2.45, 2.75) is 25.7 Å². The van der Waals surface area contributed by atoms with E-state index in [1.54, 1.807) is 0 Å². The fourth-order valence-electron chi connectivity index (χ4n) is 6.58. The van der Waals surface area contributed by atoms with Crippen LogP contribution in [-0.4, -0.2) is 0 Å². The smallest absolute Gasteiger partial charge is 0.00613 e. The van der Waals surface area contributed by atoms with Gasteiger partial charge in [-0.3, -0.25) is 0 Å². The predicted octanol–water partition coefficient (Wildman–Crippen LogP) is 10.4. The maximum absolute atomic E-state index is 2.56. The minimum absolute atomic E-state index is 0.409. The van der Waals surface area contributed by atoms with E-state index in [9.17, 15) is 0 Å². The van der Waals surface area contributed by atoms with Crippen molar-refractivity contribution in [1.29, 1.82) is 0 Å². The Balaban J connectivity index is 1.48. The van der Waals surface area contributed by atoms with Gasteiger partial charge in [0.1, 0.15) is 0 Å². The second-order valence-corrected chi connectivity index (χ2v) is 10.7. The summed E-state index contributed by atoms with van der Waals surface area (Å²) in [5.41, 5.74) is 8.41. The zero-order chi connectivity index (χ0) is 25.3. The molecule has 0 aliphatic heterocycles. The molecule has 0 N–H and O–H groups in total. The number of hydrogen-bond acceptors (Lipinski definition) is 0. The molecule has 0 bridgehead atoms. The molecule has 7 rings (SSSR count). The molecule has 4 aromatic rings. The molecule has 0 saturated carbocycles. The van der Waals surface area contributed by atoms with Crippen molar-refractivity contribution in [3.8, 4) is 11.1 Å². The molecule has 0 radical (unpaired) electrons. The molecule has 0 aromatic heterocycles. The Morgan fingerprint density at radius 1 is 0.579 bits per heavy atom. The van der Waals surface area contributed by atoms with Gasteiger partial charge in [0.25, 0.3) is 0 Å². The van der Waals surface area contributed by atoms with Crippen LogP contribution < -0.4 is 0 Å². The highest BCUT2D eigenvalue weighted by atomic mass is 14.3. The standard InChI is InChI=1S/C38H32/c1-4-14-27(15-5-1)30-24-31(28-16-6-2-7-17-28)26-32(25-30)38-35-22-12-10-20-33(35)37(29-18-8-3-9-19-29)34-21-11-13-23-36(34)38/h1,3-6,8-14,16-25,27,31H,2,7,15,26H2. The summed E-state index contributed by atoms with van der Waals surface area (Å²) in [5.74, 6) is 0.847. The summed E-state index contributed by atoms with van der Waals surface area (Å²) in [5, 5.41) is 5.36. The maximum Gasteiger partial charge on any atom is 0.00613 e. The first-order chi connectivity index (χ1) is 18.9. The molecule has 2 unspecified atom stereocenters. The molecule has 38 heavy (non-hydrogen) atoms. The van der Waals surface area contributed by atoms with E-state index in [4.69, 9.17) is 0 Å². The van der Waals surface area contributed by atoms with Crippen LogP contribution in [0, 0.1) is 11.8 Å². The number of benzene rings is 4. The zero-order valence-electron chi connectivity index (χ0n) is 21.7. The molecule has 2 atom stereocenters. The van der Waals surface area contributed by atoms with Crippen LogP contribution in [0.1, 0.15) is 31.2 Å². The monoisotopic (exact) mass is 488 g/mol. The average molecular weight is 489 g/mol. The van der Waals surface area contributed by atoms with E-state index >= 15 is 0 Å². The number of fused-ring (bicyclic) bond motifs is 2. The first kappa shape index (κ1) is 23.0. The third-order valence-electron chi connectivity index (χ3n) is 8.35. The van der Waals surface area contributed by atoms with E-state index in [0.29, 0.717) is 11.8 Å². The molecular formula is C38H32. The summed E-state index contributed by atoms with van der Waals surface area (Å²) in [6, 6.07) is 29.0. The van der Waals surface area contributed by atoms with Crippen molar-refractivity contribution in [2.75, 3.05) is 0 Å². The summed E-state index contributed by atoms with van der Waals surface area (Å²) in [6.07, 6.45) is 25.7. The van der Waals surface area contributed by atoms with Gasteiger partial charge < -0.3 is 0 Å². The highest BCUT2D eigenvalue weighted by Crippen LogP contribution is 2.46. The van der Waals surface area contributed by atoms with Crippen LogP contribution in [0.15, 0.2) is 145 Å².